The standard InChI is InChI=1S/C17H16N2O/c1-19-14-9-5-3-7-12(14)16-15(19)10-11-6-2-4-8-13(11)18-17(16)20/h2-9,15-16H,10H2,1H3,(H,18,20). The van der Waals surface area contributed by atoms with E-state index < -0.39 is 0 Å². The Bertz CT molecular complexity index is 695. The molecule has 20 heavy (non-hydrogen) atoms. The third kappa shape index (κ3) is 1.49. The van der Waals surface area contributed by atoms with Crippen molar-refractivity contribution in [3.8, 4) is 0 Å². The molecule has 0 spiro atoms. The Hall–Kier alpha value is -2.29. The highest BCUT2D eigenvalue weighted by molar-refractivity contribution is 6.00. The molecule has 1 amide bonds. The number of anilines is 2. The maximum absolute atomic E-state index is 12.6. The predicted octanol–water partition coefficient (Wildman–Crippen LogP) is 2.78. The molecule has 2 aliphatic heterocycles. The van der Waals surface area contributed by atoms with Crippen molar-refractivity contribution in [2.24, 2.45) is 0 Å². The summed E-state index contributed by atoms with van der Waals surface area (Å²) < 4.78 is 0. The second-order valence-electron chi connectivity index (χ2n) is 5.57. The van der Waals surface area contributed by atoms with Gasteiger partial charge in [0.15, 0.2) is 0 Å². The van der Waals surface area contributed by atoms with E-state index in [-0.39, 0.29) is 17.9 Å². The number of likely N-dealkylation sites (N-methyl/N-ethyl adjacent to an activating group) is 1. The van der Waals surface area contributed by atoms with Gasteiger partial charge in [0, 0.05) is 24.5 Å². The van der Waals surface area contributed by atoms with Gasteiger partial charge in [0.1, 0.15) is 0 Å². The monoisotopic (exact) mass is 264 g/mol. The highest BCUT2D eigenvalue weighted by atomic mass is 16.2. The lowest BCUT2D eigenvalue weighted by Crippen LogP contribution is -2.35. The fraction of sp³-hybridized carbons (Fsp3) is 0.235. The van der Waals surface area contributed by atoms with Crippen LogP contribution in [0.5, 0.6) is 0 Å². The van der Waals surface area contributed by atoms with Gasteiger partial charge in [0.2, 0.25) is 5.91 Å². The van der Waals surface area contributed by atoms with Crippen LogP contribution in [0.3, 0.4) is 0 Å². The average molecular weight is 264 g/mol. The molecule has 0 fully saturated rings. The summed E-state index contributed by atoms with van der Waals surface area (Å²) in [5, 5.41) is 3.09. The SMILES string of the molecule is CN1c2ccccc2C2C(=O)Nc3ccccc3CC21. The molecule has 2 atom stereocenters. The zero-order valence-corrected chi connectivity index (χ0v) is 11.3. The minimum absolute atomic E-state index is 0.0800. The molecular weight excluding hydrogens is 248 g/mol. The summed E-state index contributed by atoms with van der Waals surface area (Å²) in [7, 11) is 2.09. The summed E-state index contributed by atoms with van der Waals surface area (Å²) in [5.41, 5.74) is 4.49. The van der Waals surface area contributed by atoms with Gasteiger partial charge in [0.05, 0.1) is 5.92 Å². The number of amides is 1. The largest absolute Gasteiger partial charge is 0.370 e. The van der Waals surface area contributed by atoms with E-state index in [4.69, 9.17) is 0 Å². The van der Waals surface area contributed by atoms with Crippen molar-refractivity contribution < 1.29 is 4.79 Å². The zero-order chi connectivity index (χ0) is 13.7. The van der Waals surface area contributed by atoms with E-state index in [1.807, 2.05) is 30.3 Å². The van der Waals surface area contributed by atoms with E-state index in [0.717, 1.165) is 17.7 Å². The number of carbonyl (C=O) groups is 1. The molecule has 3 nitrogen and oxygen atoms in total. The summed E-state index contributed by atoms with van der Waals surface area (Å²) in [4.78, 5) is 14.9. The first kappa shape index (κ1) is 11.5. The van der Waals surface area contributed by atoms with E-state index in [0.29, 0.717) is 0 Å². The Labute approximate surface area is 118 Å². The number of carbonyl (C=O) groups excluding carboxylic acids is 1. The number of rotatable bonds is 0. The molecule has 2 aromatic rings. The van der Waals surface area contributed by atoms with Crippen molar-refractivity contribution in [3.63, 3.8) is 0 Å². The minimum atomic E-state index is -0.0800. The van der Waals surface area contributed by atoms with Gasteiger partial charge in [0.25, 0.3) is 0 Å². The number of hydrogen-bond acceptors (Lipinski definition) is 2. The second-order valence-corrected chi connectivity index (χ2v) is 5.57. The van der Waals surface area contributed by atoms with Gasteiger partial charge in [-0.1, -0.05) is 36.4 Å². The maximum Gasteiger partial charge on any atom is 0.234 e. The molecule has 0 radical (unpaired) electrons. The van der Waals surface area contributed by atoms with Crippen molar-refractivity contribution in [1.29, 1.82) is 0 Å². The number of nitrogens with one attached hydrogen (secondary N) is 1. The molecule has 0 saturated carbocycles. The van der Waals surface area contributed by atoms with Gasteiger partial charge in [-0.3, -0.25) is 4.79 Å². The van der Waals surface area contributed by atoms with Gasteiger partial charge < -0.3 is 10.2 Å². The smallest absolute Gasteiger partial charge is 0.234 e. The number of para-hydroxylation sites is 2. The topological polar surface area (TPSA) is 32.3 Å². The summed E-state index contributed by atoms with van der Waals surface area (Å²) in [6, 6.07) is 16.5. The Kier molecular flexibility index (Phi) is 2.36. The molecule has 2 aromatic carbocycles. The first-order valence-electron chi connectivity index (χ1n) is 6.96. The molecule has 3 heteroatoms. The first-order chi connectivity index (χ1) is 9.75. The van der Waals surface area contributed by atoms with E-state index in [9.17, 15) is 4.79 Å². The highest BCUT2D eigenvalue weighted by Gasteiger charge is 2.42. The molecule has 0 saturated heterocycles. The molecule has 2 aliphatic rings. The molecular formula is C17H16N2O. The third-order valence-corrected chi connectivity index (χ3v) is 4.52. The maximum atomic E-state index is 12.6. The van der Waals surface area contributed by atoms with Crippen LogP contribution in [0.25, 0.3) is 0 Å². The Morgan fingerprint density at radius 2 is 1.85 bits per heavy atom. The number of benzene rings is 2. The number of nitrogens with zero attached hydrogens (tertiary/aromatic N) is 1. The first-order valence-corrected chi connectivity index (χ1v) is 6.96. The Morgan fingerprint density at radius 1 is 1.10 bits per heavy atom. The Morgan fingerprint density at radius 3 is 2.75 bits per heavy atom. The van der Waals surface area contributed by atoms with Crippen molar-refractivity contribution in [2.45, 2.75) is 18.4 Å². The van der Waals surface area contributed by atoms with Crippen LogP contribution < -0.4 is 10.2 Å². The lowest BCUT2D eigenvalue weighted by Gasteiger charge is -2.24. The van der Waals surface area contributed by atoms with E-state index in [1.165, 1.54) is 11.3 Å². The van der Waals surface area contributed by atoms with E-state index in [1.54, 1.807) is 0 Å². The average Bonchev–Trinajstić information content (AvgIpc) is 2.65. The van der Waals surface area contributed by atoms with Crippen LogP contribution in [0, 0.1) is 0 Å². The van der Waals surface area contributed by atoms with Crippen molar-refractivity contribution in [1.82, 2.24) is 0 Å². The molecule has 2 unspecified atom stereocenters. The van der Waals surface area contributed by atoms with Gasteiger partial charge in [-0.2, -0.15) is 0 Å². The van der Waals surface area contributed by atoms with Gasteiger partial charge in [-0.05, 0) is 29.7 Å². The highest BCUT2D eigenvalue weighted by Crippen LogP contribution is 2.43. The third-order valence-electron chi connectivity index (χ3n) is 4.52. The van der Waals surface area contributed by atoms with Crippen LogP contribution in [-0.2, 0) is 11.2 Å². The quantitative estimate of drug-likeness (QED) is 0.793. The summed E-state index contributed by atoms with van der Waals surface area (Å²) >= 11 is 0. The Balaban J connectivity index is 1.85. The van der Waals surface area contributed by atoms with Crippen LogP contribution in [0.4, 0.5) is 11.4 Å². The van der Waals surface area contributed by atoms with Crippen molar-refractivity contribution in [3.05, 3.63) is 59.7 Å². The molecule has 0 aliphatic carbocycles. The fourth-order valence-electron chi connectivity index (χ4n) is 3.51. The van der Waals surface area contributed by atoms with Gasteiger partial charge in [-0.25, -0.2) is 0 Å². The van der Waals surface area contributed by atoms with E-state index >= 15 is 0 Å². The molecule has 0 aromatic heterocycles. The molecule has 1 N–H and O–H groups in total. The molecule has 4 rings (SSSR count). The molecule has 0 bridgehead atoms. The normalized spacial score (nSPS) is 23.4. The fourth-order valence-corrected chi connectivity index (χ4v) is 3.51. The van der Waals surface area contributed by atoms with Crippen molar-refractivity contribution in [2.75, 3.05) is 17.3 Å². The van der Waals surface area contributed by atoms with Crippen LogP contribution in [0.1, 0.15) is 17.0 Å². The second kappa shape index (κ2) is 4.10. The van der Waals surface area contributed by atoms with Crippen LogP contribution in [0.2, 0.25) is 0 Å². The lowest BCUT2D eigenvalue weighted by molar-refractivity contribution is -0.117. The summed E-state index contributed by atoms with van der Waals surface area (Å²) in [5.74, 6) is 0.0281. The predicted molar refractivity (Wildman–Crippen MR) is 80.1 cm³/mol. The van der Waals surface area contributed by atoms with Crippen molar-refractivity contribution >= 4 is 17.3 Å². The van der Waals surface area contributed by atoms with E-state index in [2.05, 4.69) is 35.5 Å². The summed E-state index contributed by atoms with van der Waals surface area (Å²) in [6.07, 6.45) is 0.894. The molecule has 2 heterocycles. The molecule has 100 valence electrons. The van der Waals surface area contributed by atoms with Gasteiger partial charge in [-0.15, -0.1) is 0 Å². The van der Waals surface area contributed by atoms with Gasteiger partial charge >= 0.3 is 0 Å². The minimum Gasteiger partial charge on any atom is -0.370 e. The zero-order valence-electron chi connectivity index (χ0n) is 11.3. The number of hydrogen-bond donors (Lipinski definition) is 1. The van der Waals surface area contributed by atoms with Crippen LogP contribution in [-0.4, -0.2) is 19.0 Å². The lowest BCUT2D eigenvalue weighted by atomic mass is 9.91. The van der Waals surface area contributed by atoms with Crippen LogP contribution in [0.15, 0.2) is 48.5 Å². The summed E-state index contributed by atoms with van der Waals surface area (Å²) in [6.45, 7) is 0. The van der Waals surface area contributed by atoms with Crippen LogP contribution >= 0.6 is 0 Å². The number of fused-ring (bicyclic) bond motifs is 4.